The van der Waals surface area contributed by atoms with Crippen molar-refractivity contribution in [1.29, 1.82) is 5.41 Å². The van der Waals surface area contributed by atoms with Crippen LogP contribution < -0.4 is 5.73 Å². The summed E-state index contributed by atoms with van der Waals surface area (Å²) in [5.74, 6) is 0.729. The van der Waals surface area contributed by atoms with Gasteiger partial charge >= 0.3 is 0 Å². The van der Waals surface area contributed by atoms with Gasteiger partial charge in [0, 0.05) is 13.2 Å². The Morgan fingerprint density at radius 3 is 2.56 bits per heavy atom. The van der Waals surface area contributed by atoms with Gasteiger partial charge in [0.05, 0.1) is 17.0 Å². The molecule has 0 fully saturated rings. The average Bonchev–Trinajstić information content (AvgIpc) is 2.69. The Morgan fingerprint density at radius 2 is 2.06 bits per heavy atom. The van der Waals surface area contributed by atoms with Crippen molar-refractivity contribution in [3.05, 3.63) is 29.2 Å². The number of aryl methyl sites for hydroxylation is 3. The molecule has 0 aliphatic carbocycles. The average molecular weight is 218 g/mol. The molecule has 0 saturated heterocycles. The summed E-state index contributed by atoms with van der Waals surface area (Å²) in [6, 6.07) is 1.90. The fourth-order valence-corrected chi connectivity index (χ4v) is 1.76. The maximum Gasteiger partial charge on any atom is 0.162 e. The third-order valence-corrected chi connectivity index (χ3v) is 2.40. The molecule has 0 aliphatic rings. The highest BCUT2D eigenvalue weighted by Crippen LogP contribution is 2.16. The Kier molecular flexibility index (Phi) is 2.26. The lowest BCUT2D eigenvalue weighted by Gasteiger charge is -2.04. The van der Waals surface area contributed by atoms with E-state index >= 15 is 0 Å². The number of nitrogens with zero attached hydrogens (tertiary/aromatic N) is 4. The monoisotopic (exact) mass is 218 g/mol. The van der Waals surface area contributed by atoms with Crippen molar-refractivity contribution in [2.24, 2.45) is 12.8 Å². The number of nitrogen functional groups attached to an aromatic ring is 1. The minimum atomic E-state index is 0.00810. The summed E-state index contributed by atoms with van der Waals surface area (Å²) in [7, 11) is 1.81. The minimum absolute atomic E-state index is 0.00810. The highest BCUT2D eigenvalue weighted by Gasteiger charge is 2.17. The molecule has 0 bridgehead atoms. The molecule has 0 saturated carbocycles. The van der Waals surface area contributed by atoms with E-state index in [2.05, 4.69) is 10.2 Å². The topological polar surface area (TPSA) is 85.5 Å². The molecule has 3 N–H and O–H groups in total. The minimum Gasteiger partial charge on any atom is -0.384 e. The number of nitrogens with two attached hydrogens (primary N) is 1. The molecule has 84 valence electrons. The summed E-state index contributed by atoms with van der Waals surface area (Å²) in [4.78, 5) is 0. The molecule has 16 heavy (non-hydrogen) atoms. The molecular weight excluding hydrogens is 204 g/mol. The van der Waals surface area contributed by atoms with Gasteiger partial charge in [0.15, 0.2) is 5.82 Å². The van der Waals surface area contributed by atoms with Gasteiger partial charge in [-0.2, -0.15) is 10.2 Å². The number of aromatic nitrogens is 4. The van der Waals surface area contributed by atoms with Crippen molar-refractivity contribution in [3.63, 3.8) is 0 Å². The van der Waals surface area contributed by atoms with Crippen LogP contribution in [-0.4, -0.2) is 25.4 Å². The van der Waals surface area contributed by atoms with Crippen LogP contribution in [0, 0.1) is 19.3 Å². The Bertz CT molecular complexity index is 548. The molecule has 2 aromatic heterocycles. The molecule has 0 aromatic carbocycles. The van der Waals surface area contributed by atoms with E-state index in [1.165, 1.54) is 0 Å². The largest absolute Gasteiger partial charge is 0.384 e. The third kappa shape index (κ3) is 1.48. The predicted octanol–water partition coefficient (Wildman–Crippen LogP) is 0.507. The maximum atomic E-state index is 7.57. The zero-order chi connectivity index (χ0) is 11.9. The second-order valence-electron chi connectivity index (χ2n) is 3.72. The second-order valence-corrected chi connectivity index (χ2v) is 3.72. The Balaban J connectivity index is 2.68. The van der Waals surface area contributed by atoms with Crippen molar-refractivity contribution in [2.45, 2.75) is 13.8 Å². The molecule has 2 aromatic rings. The Labute approximate surface area is 93.2 Å². The van der Waals surface area contributed by atoms with Gasteiger partial charge in [0.25, 0.3) is 0 Å². The Hall–Kier alpha value is -2.11. The zero-order valence-electron chi connectivity index (χ0n) is 9.52. The lowest BCUT2D eigenvalue weighted by Crippen LogP contribution is -2.16. The molecule has 6 nitrogen and oxygen atoms in total. The number of amidine groups is 1. The molecule has 0 spiro atoms. The van der Waals surface area contributed by atoms with Crippen LogP contribution in [0.25, 0.3) is 5.82 Å². The maximum absolute atomic E-state index is 7.57. The van der Waals surface area contributed by atoms with E-state index in [0.29, 0.717) is 5.56 Å². The highest BCUT2D eigenvalue weighted by atomic mass is 15.4. The number of nitrogens with one attached hydrogen (secondary N) is 1. The first kappa shape index (κ1) is 10.4. The van der Waals surface area contributed by atoms with Gasteiger partial charge in [-0.3, -0.25) is 10.1 Å². The van der Waals surface area contributed by atoms with Crippen molar-refractivity contribution in [1.82, 2.24) is 19.6 Å². The lowest BCUT2D eigenvalue weighted by molar-refractivity contribution is 0.691. The molecule has 0 amide bonds. The zero-order valence-corrected chi connectivity index (χ0v) is 9.52. The van der Waals surface area contributed by atoms with Gasteiger partial charge in [-0.25, -0.2) is 4.68 Å². The van der Waals surface area contributed by atoms with Crippen LogP contribution in [0.4, 0.5) is 0 Å². The standard InChI is InChI=1S/C10H14N6/c1-6-4-5-16(13-6)10-8(9(11)12)7(2)14-15(10)3/h4-5H,1-3H3,(H3,11,12). The van der Waals surface area contributed by atoms with Crippen molar-refractivity contribution < 1.29 is 0 Å². The Morgan fingerprint density at radius 1 is 1.38 bits per heavy atom. The SMILES string of the molecule is Cc1ccn(-c2c(C(=N)N)c(C)nn2C)n1. The predicted molar refractivity (Wildman–Crippen MR) is 60.8 cm³/mol. The summed E-state index contributed by atoms with van der Waals surface area (Å²) in [5, 5.41) is 16.1. The van der Waals surface area contributed by atoms with Crippen LogP contribution in [0.15, 0.2) is 12.3 Å². The van der Waals surface area contributed by atoms with Crippen LogP contribution >= 0.6 is 0 Å². The number of hydrogen-bond acceptors (Lipinski definition) is 3. The summed E-state index contributed by atoms with van der Waals surface area (Å²) >= 11 is 0. The van der Waals surface area contributed by atoms with E-state index in [1.54, 1.807) is 9.36 Å². The third-order valence-electron chi connectivity index (χ3n) is 2.40. The molecule has 2 rings (SSSR count). The smallest absolute Gasteiger partial charge is 0.162 e. The van der Waals surface area contributed by atoms with Crippen molar-refractivity contribution >= 4 is 5.84 Å². The van der Waals surface area contributed by atoms with Crippen LogP contribution in [0.3, 0.4) is 0 Å². The van der Waals surface area contributed by atoms with Gasteiger partial charge in [-0.05, 0) is 19.9 Å². The lowest BCUT2D eigenvalue weighted by atomic mass is 10.2. The normalized spacial score (nSPS) is 10.7. The van der Waals surface area contributed by atoms with Crippen molar-refractivity contribution in [3.8, 4) is 5.82 Å². The van der Waals surface area contributed by atoms with E-state index in [9.17, 15) is 0 Å². The van der Waals surface area contributed by atoms with Gasteiger partial charge in [-0.15, -0.1) is 0 Å². The quantitative estimate of drug-likeness (QED) is 0.568. The molecule has 2 heterocycles. The van der Waals surface area contributed by atoms with Crippen LogP contribution in [-0.2, 0) is 7.05 Å². The van der Waals surface area contributed by atoms with E-state index in [-0.39, 0.29) is 5.84 Å². The first-order valence-electron chi connectivity index (χ1n) is 4.91. The number of hydrogen-bond donors (Lipinski definition) is 2. The van der Waals surface area contributed by atoms with Gasteiger partial charge in [-0.1, -0.05) is 0 Å². The summed E-state index contributed by atoms with van der Waals surface area (Å²) in [5.41, 5.74) is 7.84. The first-order valence-corrected chi connectivity index (χ1v) is 4.91. The molecule has 0 radical (unpaired) electrons. The molecule has 0 unspecified atom stereocenters. The molecule has 0 aliphatic heterocycles. The summed E-state index contributed by atoms with van der Waals surface area (Å²) in [6.07, 6.45) is 1.83. The molecule has 6 heteroatoms. The number of rotatable bonds is 2. The van der Waals surface area contributed by atoms with Crippen LogP contribution in [0.5, 0.6) is 0 Å². The van der Waals surface area contributed by atoms with Gasteiger partial charge in [0.2, 0.25) is 0 Å². The van der Waals surface area contributed by atoms with E-state index in [0.717, 1.165) is 17.2 Å². The summed E-state index contributed by atoms with van der Waals surface area (Å²) < 4.78 is 3.37. The van der Waals surface area contributed by atoms with E-state index in [4.69, 9.17) is 11.1 Å². The fraction of sp³-hybridized carbons (Fsp3) is 0.300. The second kappa shape index (κ2) is 3.48. The summed E-state index contributed by atoms with van der Waals surface area (Å²) in [6.45, 7) is 3.74. The van der Waals surface area contributed by atoms with E-state index in [1.807, 2.05) is 33.2 Å². The van der Waals surface area contributed by atoms with Gasteiger partial charge in [0.1, 0.15) is 5.84 Å². The van der Waals surface area contributed by atoms with E-state index < -0.39 is 0 Å². The molecular formula is C10H14N6. The highest BCUT2D eigenvalue weighted by molar-refractivity contribution is 5.99. The van der Waals surface area contributed by atoms with Crippen LogP contribution in [0.2, 0.25) is 0 Å². The first-order chi connectivity index (χ1) is 7.50. The van der Waals surface area contributed by atoms with Crippen molar-refractivity contribution in [2.75, 3.05) is 0 Å². The van der Waals surface area contributed by atoms with Gasteiger partial charge < -0.3 is 5.73 Å². The fourth-order valence-electron chi connectivity index (χ4n) is 1.76. The van der Waals surface area contributed by atoms with Crippen LogP contribution in [0.1, 0.15) is 17.0 Å². The molecule has 0 atom stereocenters.